The molecular weight excluding hydrogens is 318 g/mol. The summed E-state index contributed by atoms with van der Waals surface area (Å²) < 4.78 is 5.79. The van der Waals surface area contributed by atoms with Crippen LogP contribution in [0.4, 0.5) is 0 Å². The molecule has 4 rings (SSSR count). The predicted molar refractivity (Wildman–Crippen MR) is 93.1 cm³/mol. The smallest absolute Gasteiger partial charge is 0.325 e. The third-order valence-electron chi connectivity index (χ3n) is 4.81. The Hall–Kier alpha value is -2.89. The Bertz CT molecular complexity index is 1060. The number of aryl methyl sites for hydroxylation is 4. The van der Waals surface area contributed by atoms with E-state index in [4.69, 9.17) is 4.42 Å². The quantitative estimate of drug-likeness (QED) is 0.750. The van der Waals surface area contributed by atoms with Gasteiger partial charge in [-0.2, -0.15) is 0 Å². The van der Waals surface area contributed by atoms with Gasteiger partial charge in [-0.25, -0.2) is 9.78 Å². The SMILES string of the molecule is CCc1ccc2c(c1)CCc1oc(C)nc1C2c1c[nH]c(=O)[nH]c1=O. The van der Waals surface area contributed by atoms with E-state index < -0.39 is 11.2 Å². The molecule has 0 aliphatic heterocycles. The molecular formula is C19H19N3O3. The Morgan fingerprint density at radius 1 is 1.24 bits per heavy atom. The van der Waals surface area contributed by atoms with Crippen molar-refractivity contribution in [2.45, 2.75) is 39.0 Å². The Balaban J connectivity index is 2.00. The third-order valence-corrected chi connectivity index (χ3v) is 4.81. The second-order valence-corrected chi connectivity index (χ2v) is 6.39. The van der Waals surface area contributed by atoms with Crippen molar-refractivity contribution in [2.24, 2.45) is 0 Å². The number of rotatable bonds is 2. The molecule has 25 heavy (non-hydrogen) atoms. The Labute approximate surface area is 144 Å². The zero-order valence-electron chi connectivity index (χ0n) is 14.2. The monoisotopic (exact) mass is 337 g/mol. The fourth-order valence-corrected chi connectivity index (χ4v) is 3.61. The van der Waals surface area contributed by atoms with Crippen LogP contribution in [0.1, 0.15) is 52.4 Å². The predicted octanol–water partition coefficient (Wildman–Crippen LogP) is 2.20. The van der Waals surface area contributed by atoms with Crippen LogP contribution >= 0.6 is 0 Å². The summed E-state index contributed by atoms with van der Waals surface area (Å²) in [7, 11) is 0. The first-order valence-corrected chi connectivity index (χ1v) is 8.46. The second-order valence-electron chi connectivity index (χ2n) is 6.39. The van der Waals surface area contributed by atoms with E-state index in [0.29, 0.717) is 11.5 Å². The van der Waals surface area contributed by atoms with Crippen LogP contribution in [0.2, 0.25) is 0 Å². The molecule has 0 amide bonds. The lowest BCUT2D eigenvalue weighted by atomic mass is 9.86. The van der Waals surface area contributed by atoms with Gasteiger partial charge in [-0.1, -0.05) is 25.1 Å². The number of nitrogens with zero attached hydrogens (tertiary/aromatic N) is 1. The molecule has 1 aromatic carbocycles. The van der Waals surface area contributed by atoms with Gasteiger partial charge in [0.05, 0.1) is 11.6 Å². The van der Waals surface area contributed by atoms with Crippen molar-refractivity contribution in [2.75, 3.05) is 0 Å². The minimum atomic E-state index is -0.513. The highest BCUT2D eigenvalue weighted by Gasteiger charge is 2.31. The van der Waals surface area contributed by atoms with Crippen LogP contribution in [0, 0.1) is 6.92 Å². The fraction of sp³-hybridized carbons (Fsp3) is 0.316. The van der Waals surface area contributed by atoms with E-state index >= 15 is 0 Å². The minimum absolute atomic E-state index is 0.351. The number of benzene rings is 1. The van der Waals surface area contributed by atoms with Crippen LogP contribution in [0.25, 0.3) is 0 Å². The first kappa shape index (κ1) is 15.6. The third kappa shape index (κ3) is 2.63. The van der Waals surface area contributed by atoms with E-state index in [1.807, 2.05) is 6.92 Å². The van der Waals surface area contributed by atoms with Gasteiger partial charge in [0.25, 0.3) is 5.56 Å². The van der Waals surface area contributed by atoms with Gasteiger partial charge in [-0.3, -0.25) is 9.78 Å². The summed E-state index contributed by atoms with van der Waals surface area (Å²) in [5, 5.41) is 0. The Morgan fingerprint density at radius 2 is 2.08 bits per heavy atom. The van der Waals surface area contributed by atoms with Crippen molar-refractivity contribution in [3.8, 4) is 0 Å². The highest BCUT2D eigenvalue weighted by Crippen LogP contribution is 2.37. The molecule has 2 aromatic heterocycles. The molecule has 1 unspecified atom stereocenters. The van der Waals surface area contributed by atoms with E-state index in [0.717, 1.165) is 36.3 Å². The Morgan fingerprint density at radius 3 is 2.84 bits per heavy atom. The highest BCUT2D eigenvalue weighted by atomic mass is 16.4. The lowest BCUT2D eigenvalue weighted by Gasteiger charge is -2.17. The molecule has 0 radical (unpaired) electrons. The molecule has 2 N–H and O–H groups in total. The van der Waals surface area contributed by atoms with Crippen molar-refractivity contribution < 1.29 is 4.42 Å². The molecule has 1 atom stereocenters. The number of hydrogen-bond acceptors (Lipinski definition) is 4. The number of aromatic nitrogens is 3. The maximum atomic E-state index is 12.5. The van der Waals surface area contributed by atoms with Crippen molar-refractivity contribution in [1.29, 1.82) is 0 Å². The van der Waals surface area contributed by atoms with Crippen molar-refractivity contribution in [3.05, 3.63) is 84.8 Å². The molecule has 0 bridgehead atoms. The first-order chi connectivity index (χ1) is 12.1. The number of nitrogens with one attached hydrogen (secondary N) is 2. The topological polar surface area (TPSA) is 91.8 Å². The fourth-order valence-electron chi connectivity index (χ4n) is 3.61. The minimum Gasteiger partial charge on any atom is -0.446 e. The van der Waals surface area contributed by atoms with Crippen LogP contribution in [-0.2, 0) is 19.3 Å². The standard InChI is InChI=1S/C19H19N3O3/c1-3-11-4-6-13-12(8-11)5-7-15-17(21-10(2)25-15)16(13)14-9-20-19(24)22-18(14)23/h4,6,8-9,16H,3,5,7H2,1-2H3,(H2,20,22,23,24). The molecule has 3 aromatic rings. The normalized spacial score (nSPS) is 16.2. The van der Waals surface area contributed by atoms with Gasteiger partial charge in [0.1, 0.15) is 5.76 Å². The summed E-state index contributed by atoms with van der Waals surface area (Å²) in [6.07, 6.45) is 4.03. The summed E-state index contributed by atoms with van der Waals surface area (Å²) in [5.74, 6) is 1.04. The highest BCUT2D eigenvalue weighted by molar-refractivity contribution is 5.47. The molecule has 0 saturated heterocycles. The molecule has 1 aliphatic carbocycles. The van der Waals surface area contributed by atoms with Gasteiger partial charge in [0.15, 0.2) is 5.89 Å². The largest absolute Gasteiger partial charge is 0.446 e. The lowest BCUT2D eigenvalue weighted by Crippen LogP contribution is -2.27. The molecule has 1 aliphatic rings. The zero-order valence-corrected chi connectivity index (χ0v) is 14.2. The number of hydrogen-bond donors (Lipinski definition) is 2. The molecule has 0 fully saturated rings. The van der Waals surface area contributed by atoms with Crippen LogP contribution < -0.4 is 11.2 Å². The molecule has 0 saturated carbocycles. The van der Waals surface area contributed by atoms with Crippen LogP contribution in [0.5, 0.6) is 0 Å². The molecule has 0 spiro atoms. The van der Waals surface area contributed by atoms with Crippen molar-refractivity contribution in [3.63, 3.8) is 0 Å². The van der Waals surface area contributed by atoms with E-state index in [1.165, 1.54) is 17.3 Å². The Kier molecular flexibility index (Phi) is 3.67. The number of H-pyrrole nitrogens is 2. The summed E-state index contributed by atoms with van der Waals surface area (Å²) in [6, 6.07) is 6.35. The van der Waals surface area contributed by atoms with Crippen LogP contribution in [0.3, 0.4) is 0 Å². The molecule has 2 heterocycles. The summed E-state index contributed by atoms with van der Waals surface area (Å²) >= 11 is 0. The van der Waals surface area contributed by atoms with Gasteiger partial charge in [0.2, 0.25) is 0 Å². The lowest BCUT2D eigenvalue weighted by molar-refractivity contribution is 0.473. The van der Waals surface area contributed by atoms with Gasteiger partial charge < -0.3 is 9.40 Å². The first-order valence-electron chi connectivity index (χ1n) is 8.46. The maximum absolute atomic E-state index is 12.5. The van der Waals surface area contributed by atoms with Gasteiger partial charge >= 0.3 is 5.69 Å². The van der Waals surface area contributed by atoms with E-state index in [2.05, 4.69) is 40.1 Å². The van der Waals surface area contributed by atoms with Crippen LogP contribution in [0.15, 0.2) is 38.4 Å². The summed E-state index contributed by atoms with van der Waals surface area (Å²) in [6.45, 7) is 3.93. The maximum Gasteiger partial charge on any atom is 0.325 e. The van der Waals surface area contributed by atoms with E-state index in [1.54, 1.807) is 0 Å². The van der Waals surface area contributed by atoms with Crippen molar-refractivity contribution in [1.82, 2.24) is 15.0 Å². The van der Waals surface area contributed by atoms with Gasteiger partial charge in [0, 0.05) is 25.1 Å². The van der Waals surface area contributed by atoms with E-state index in [9.17, 15) is 9.59 Å². The number of oxazole rings is 1. The zero-order chi connectivity index (χ0) is 17.6. The molecule has 6 nitrogen and oxygen atoms in total. The summed E-state index contributed by atoms with van der Waals surface area (Å²) in [4.78, 5) is 33.4. The summed E-state index contributed by atoms with van der Waals surface area (Å²) in [5.41, 5.74) is 3.82. The van der Waals surface area contributed by atoms with Gasteiger partial charge in [-0.15, -0.1) is 0 Å². The average Bonchev–Trinajstić information content (AvgIpc) is 2.89. The molecule has 6 heteroatoms. The average molecular weight is 337 g/mol. The number of fused-ring (bicyclic) bond motifs is 2. The van der Waals surface area contributed by atoms with Crippen molar-refractivity contribution >= 4 is 0 Å². The molecule has 128 valence electrons. The second kappa shape index (κ2) is 5.88. The van der Waals surface area contributed by atoms with E-state index in [-0.39, 0.29) is 5.92 Å². The van der Waals surface area contributed by atoms with Crippen LogP contribution in [-0.4, -0.2) is 15.0 Å². The number of aromatic amines is 2. The van der Waals surface area contributed by atoms with Gasteiger partial charge in [-0.05, 0) is 29.5 Å².